The largest absolute Gasteiger partial charge is 0.507 e. The van der Waals surface area contributed by atoms with Gasteiger partial charge in [-0.15, -0.1) is 6.42 Å². The van der Waals surface area contributed by atoms with Gasteiger partial charge in [0.25, 0.3) is 5.91 Å². The number of aliphatic carboxylic acids is 1. The van der Waals surface area contributed by atoms with Gasteiger partial charge in [0.1, 0.15) is 114 Å². The Hall–Kier alpha value is -11.2. The number of ether oxygens (including phenoxy) is 5. The molecule has 6 aromatic rings. The second-order valence-corrected chi connectivity index (χ2v) is 33.5. The fourth-order valence-electron chi connectivity index (χ4n) is 16.2. The van der Waals surface area contributed by atoms with Crippen molar-refractivity contribution in [1.29, 1.82) is 0 Å². The first-order valence-corrected chi connectivity index (χ1v) is 42.1. The first-order valence-electron chi connectivity index (χ1n) is 41.4. The molecular weight excluding hydrogens is 1730 g/mol. The van der Waals surface area contributed by atoms with Crippen molar-refractivity contribution in [2.24, 2.45) is 17.6 Å². The number of aliphatic hydroxyl groups is 11. The summed E-state index contributed by atoms with van der Waals surface area (Å²) < 4.78 is 33.7. The summed E-state index contributed by atoms with van der Waals surface area (Å²) in [6.45, 7) is 4.57. The lowest BCUT2D eigenvalue weighted by atomic mass is 9.70. The average molecular weight is 1840 g/mol. The van der Waals surface area contributed by atoms with Crippen molar-refractivity contribution in [1.82, 2.24) is 53.2 Å². The number of likely N-dealkylation sites (N-methyl/N-ethyl adjacent to an activating group) is 1. The van der Waals surface area contributed by atoms with Crippen LogP contribution in [0.25, 0.3) is 11.1 Å². The minimum Gasteiger partial charge on any atom is -0.507 e. The van der Waals surface area contributed by atoms with Crippen molar-refractivity contribution in [3.63, 3.8) is 0 Å². The highest BCUT2D eigenvalue weighted by molar-refractivity contribution is 6.32. The van der Waals surface area contributed by atoms with E-state index in [0.29, 0.717) is 12.0 Å². The van der Waals surface area contributed by atoms with E-state index in [0.717, 1.165) is 66.2 Å². The highest BCUT2D eigenvalue weighted by Gasteiger charge is 2.53. The number of rotatable bonds is 28. The molecule has 13 rings (SSSR count). The molecule has 2 fully saturated rings. The number of fused-ring (bicyclic) bond motifs is 15. The number of amides is 8. The van der Waals surface area contributed by atoms with Gasteiger partial charge in [-0.25, -0.2) is 4.79 Å². The van der Waals surface area contributed by atoms with E-state index in [9.17, 15) is 90.7 Å². The molecule has 129 heavy (non-hydrogen) atoms. The number of carbonyl (C=O) groups excluding carboxylic acids is 8. The molecular formula is C87H105Cl2N11O29. The van der Waals surface area contributed by atoms with Crippen LogP contribution in [0.1, 0.15) is 141 Å². The van der Waals surface area contributed by atoms with E-state index in [1.54, 1.807) is 32.9 Å². The van der Waals surface area contributed by atoms with Crippen LogP contribution in [0, 0.1) is 24.2 Å². The van der Waals surface area contributed by atoms with E-state index in [1.165, 1.54) is 19.2 Å². The molecule has 7 aliphatic rings. The predicted molar refractivity (Wildman–Crippen MR) is 455 cm³/mol. The van der Waals surface area contributed by atoms with Crippen LogP contribution >= 0.6 is 23.2 Å². The maximum atomic E-state index is 16.5. The normalized spacial score (nSPS) is 26.5. The third-order valence-corrected chi connectivity index (χ3v) is 24.0. The van der Waals surface area contributed by atoms with Gasteiger partial charge in [0, 0.05) is 47.4 Å². The lowest BCUT2D eigenvalue weighted by molar-refractivity contribution is -0.299. The minimum atomic E-state index is -2.43. The smallest absolute Gasteiger partial charge is 0.330 e. The Kier molecular flexibility index (Phi) is 32.5. The fraction of sp³-hybridized carbons (Fsp3) is 0.460. The standard InChI is InChI=1S/C87H105Cl2N11O29/c1-7-38-10-12-39(13-11-38)32-94-87(8-2)31-44(23-37(5)77(87)115)125-76-73(113)71(111)59(35-102)128-86(76)129-75-57-27-43-28-58(75)127-56-19-16-42(26-49(56)89)68(108)66-83(121)98-64(85(123)124)46-29-53(104)47(33-92-20-9-21-93-84(122)74(114)72(112)70(110)54(105)34-101)69(109)61(46)45-24-40(14-17-52(45)103)62(80(118)100-66)97-81(119)63(43)96-79(117)51(30-60(90)106)95-82(120)65(99-78(116)50(91-6)22-36(3)4)67(107)41-15-18-55(126-57)48(88)25-41/h1,10-19,24-29,36-37,44,50-51,54,59,62-68,70-74,76-77,86,91-92,94,101-105,107-115H,8-9,20-23,30-35H2,2-6H3,(H2,90,106)(H,93,122)(H,95,120)(H,96,117)(H,97,119)(H,98,121)(H,99,116)(H,100,118)(H,123,124)/t37-,44-,50-,51?,54-,59-,62-,63-,64+,65-,66+,67-,68-,70-,71?,72+,73?,74-,76-,77-,86?,87?/m1/s1. The third kappa shape index (κ3) is 22.3. The second-order valence-electron chi connectivity index (χ2n) is 32.7. The molecule has 1 saturated carbocycles. The van der Waals surface area contributed by atoms with Crippen LogP contribution < -0.4 is 73.1 Å². The summed E-state index contributed by atoms with van der Waals surface area (Å²) in [6, 6.07) is 4.86. The highest BCUT2D eigenvalue weighted by atomic mass is 35.5. The average Bonchev–Trinajstić information content (AvgIpc) is 0.755. The lowest BCUT2D eigenvalue weighted by Gasteiger charge is -2.50. The summed E-state index contributed by atoms with van der Waals surface area (Å²) in [4.78, 5) is 133. The molecule has 40 nitrogen and oxygen atoms in total. The number of nitrogens with two attached hydrogens (primary N) is 1. The Bertz CT molecular complexity index is 5190. The number of primary amides is 1. The van der Waals surface area contributed by atoms with Gasteiger partial charge in [0.15, 0.2) is 23.6 Å². The molecule has 1 saturated heterocycles. The van der Waals surface area contributed by atoms with Crippen molar-refractivity contribution >= 4 is 76.4 Å². The van der Waals surface area contributed by atoms with Gasteiger partial charge in [0.05, 0.1) is 53.5 Å². The number of aromatic hydroxyl groups is 3. The number of aliphatic hydroxyl groups excluding tert-OH is 11. The number of phenolic OH excluding ortho intramolecular Hbond substituents is 3. The van der Waals surface area contributed by atoms with Gasteiger partial charge in [-0.1, -0.05) is 87.1 Å². The summed E-state index contributed by atoms with van der Waals surface area (Å²) in [5, 5.41) is 195. The van der Waals surface area contributed by atoms with Gasteiger partial charge in [-0.3, -0.25) is 38.4 Å². The summed E-state index contributed by atoms with van der Waals surface area (Å²) >= 11 is 14.4. The summed E-state index contributed by atoms with van der Waals surface area (Å²) in [6.07, 6.45) is -19.3. The molecule has 5 unspecified atom stereocenters. The Balaban J connectivity index is 1.09. The van der Waals surface area contributed by atoms with E-state index in [1.807, 2.05) is 19.1 Å². The van der Waals surface area contributed by atoms with Gasteiger partial charge in [-0.05, 0) is 152 Å². The first-order chi connectivity index (χ1) is 61.2. The Labute approximate surface area is 748 Å². The van der Waals surface area contributed by atoms with Crippen LogP contribution in [0.2, 0.25) is 10.0 Å². The van der Waals surface area contributed by atoms with Crippen LogP contribution in [0.3, 0.4) is 0 Å². The van der Waals surface area contributed by atoms with E-state index in [4.69, 9.17) is 64.1 Å². The summed E-state index contributed by atoms with van der Waals surface area (Å²) in [5.41, 5.74) is 2.31. The van der Waals surface area contributed by atoms with Gasteiger partial charge < -0.3 is 159 Å². The number of phenols is 3. The lowest BCUT2D eigenvalue weighted by Crippen LogP contribution is -2.64. The molecule has 696 valence electrons. The van der Waals surface area contributed by atoms with Crippen LogP contribution in [-0.4, -0.2) is 260 Å². The zero-order chi connectivity index (χ0) is 94.1. The first kappa shape index (κ1) is 98.4. The number of terminal acetylenes is 1. The van der Waals surface area contributed by atoms with Crippen LogP contribution in [0.15, 0.2) is 97.1 Å². The van der Waals surface area contributed by atoms with E-state index >= 15 is 24.0 Å². The predicted octanol–water partition coefficient (Wildman–Crippen LogP) is -0.996. The van der Waals surface area contributed by atoms with Crippen molar-refractivity contribution in [3.8, 4) is 69.5 Å². The Morgan fingerprint density at radius 3 is 1.93 bits per heavy atom. The number of hydrogen-bond acceptors (Lipinski definition) is 31. The van der Waals surface area contributed by atoms with Crippen molar-refractivity contribution < 1.29 is 143 Å². The van der Waals surface area contributed by atoms with E-state index in [-0.39, 0.29) is 73.1 Å². The van der Waals surface area contributed by atoms with Crippen molar-refractivity contribution in [2.45, 2.75) is 207 Å². The maximum Gasteiger partial charge on any atom is 0.330 e. The van der Waals surface area contributed by atoms with Crippen LogP contribution in [0.5, 0.6) is 46.0 Å². The number of halogens is 2. The molecule has 6 aromatic carbocycles. The molecule has 6 aliphatic heterocycles. The minimum absolute atomic E-state index is 0.0149. The van der Waals surface area contributed by atoms with Gasteiger partial charge in [0.2, 0.25) is 53.4 Å². The van der Waals surface area contributed by atoms with Crippen molar-refractivity contribution in [2.75, 3.05) is 33.4 Å². The quantitative estimate of drug-likeness (QED) is 0.0207. The van der Waals surface area contributed by atoms with E-state index in [2.05, 4.69) is 59.1 Å². The molecule has 22 atom stereocenters. The molecule has 0 spiro atoms. The molecule has 0 aromatic heterocycles. The molecule has 27 N–H and O–H groups in total. The zero-order valence-electron chi connectivity index (χ0n) is 70.3. The summed E-state index contributed by atoms with van der Waals surface area (Å²) in [5.74, 6) is -16.1. The topological polar surface area (TPSA) is 650 Å². The van der Waals surface area contributed by atoms with Crippen LogP contribution in [0.4, 0.5) is 0 Å². The molecule has 11 bridgehead atoms. The molecule has 8 amide bonds. The monoisotopic (exact) mass is 1840 g/mol. The number of benzene rings is 6. The molecule has 6 heterocycles. The number of nitrogens with one attached hydrogen (secondary N) is 10. The van der Waals surface area contributed by atoms with Gasteiger partial charge >= 0.3 is 5.97 Å². The number of carboxylic acid groups (broad SMARTS) is 1. The van der Waals surface area contributed by atoms with E-state index < -0.39 is 291 Å². The third-order valence-electron chi connectivity index (χ3n) is 23.4. The second kappa shape index (κ2) is 42.6. The highest BCUT2D eigenvalue weighted by Crippen LogP contribution is 2.51. The summed E-state index contributed by atoms with van der Waals surface area (Å²) in [7, 11) is 1.46. The Morgan fingerprint density at radius 1 is 0.705 bits per heavy atom. The number of carbonyl (C=O) groups is 9. The zero-order valence-corrected chi connectivity index (χ0v) is 71.8. The number of hydrogen-bond donors (Lipinski definition) is 26. The SMILES string of the molecule is C#Cc1ccc(CNC2(CC)C[C@H](O[C@H]3C(Oc4c5cc6cc4Oc4ccc(cc4Cl)[C@@H](O)[C@@H](NC(=O)[C@@H](CC(C)C)NC)C(=O)NC(CC(N)=O)C(=O)N[C@H]6C(=O)N[C@H]4C(=O)N[C@H](C(=O)N[C@H](C(=O)O)c6cc(O)c(CNCCCNC(=O)[C@H](O)[C@@H](O)[C@H](O)[C@H](O)CO)c(O)c6-c6cc4ccc6O)[C@H](O)c4ccc(c(Cl)c4)O5)O[C@H](CO)C(O)C3O)C[C@@H](C)[C@H]2O)cc1. The molecule has 42 heteroatoms. The molecule has 1 aliphatic carbocycles. The van der Waals surface area contributed by atoms with Crippen LogP contribution in [-0.2, 0) is 65.7 Å². The maximum absolute atomic E-state index is 16.5. The fourth-order valence-corrected chi connectivity index (χ4v) is 16.7. The Morgan fingerprint density at radius 2 is 1.33 bits per heavy atom. The number of carboxylic acids is 1. The molecule has 0 radical (unpaired) electrons. The van der Waals surface area contributed by atoms with Gasteiger partial charge in [-0.2, -0.15) is 0 Å². The van der Waals surface area contributed by atoms with Crippen molar-refractivity contribution in [3.05, 3.63) is 152 Å².